The minimum absolute atomic E-state index is 0.750. The van der Waals surface area contributed by atoms with Gasteiger partial charge in [0.15, 0.2) is 0 Å². The van der Waals surface area contributed by atoms with Crippen LogP contribution in [0.4, 0.5) is 0 Å². The highest BCUT2D eigenvalue weighted by Crippen LogP contribution is 2.10. The summed E-state index contributed by atoms with van der Waals surface area (Å²) in [7, 11) is 0. The van der Waals surface area contributed by atoms with Gasteiger partial charge in [0, 0.05) is 0 Å². The van der Waals surface area contributed by atoms with Gasteiger partial charge in [-0.15, -0.1) is 0 Å². The molecule has 4 heteroatoms. The number of nitrogens with one attached hydrogen (secondary N) is 2. The summed E-state index contributed by atoms with van der Waals surface area (Å²) in [6.45, 7) is 9.17. The monoisotopic (exact) mass is 214 g/mol. The van der Waals surface area contributed by atoms with Crippen LogP contribution in [0.3, 0.4) is 0 Å². The zero-order valence-electron chi connectivity index (χ0n) is 10.1. The Morgan fingerprint density at radius 3 is 1.20 bits per heavy atom. The summed E-state index contributed by atoms with van der Waals surface area (Å²) in [4.78, 5) is 16.7. The molecule has 0 fully saturated rings. The van der Waals surface area contributed by atoms with Crippen molar-refractivity contribution in [2.45, 2.75) is 47.0 Å². The lowest BCUT2D eigenvalue weighted by atomic mass is 10.0. The number of carbonyl (C=O) groups excluding carboxylic acids is 2. The lowest BCUT2D eigenvalue weighted by molar-refractivity contribution is 0.480. The Balaban J connectivity index is -0.000000200. The Morgan fingerprint density at radius 1 is 0.867 bits per heavy atom. The average Bonchev–Trinajstić information content (AvgIpc) is 2.05. The molecule has 0 aliphatic heterocycles. The summed E-state index contributed by atoms with van der Waals surface area (Å²) in [5.41, 5.74) is 0. The van der Waals surface area contributed by atoms with Crippen molar-refractivity contribution in [1.82, 2.24) is 0 Å². The van der Waals surface area contributed by atoms with Crippen LogP contribution < -0.4 is 0 Å². The summed E-state index contributed by atoms with van der Waals surface area (Å²) in [6.07, 6.45) is 5.71. The van der Waals surface area contributed by atoms with Gasteiger partial charge in [0.1, 0.15) is 0 Å². The third-order valence-electron chi connectivity index (χ3n) is 1.56. The highest BCUT2D eigenvalue weighted by Gasteiger charge is 1.95. The fourth-order valence-electron chi connectivity index (χ4n) is 0.934. The van der Waals surface area contributed by atoms with E-state index in [0.29, 0.717) is 0 Å². The van der Waals surface area contributed by atoms with E-state index in [1.807, 2.05) is 0 Å². The highest BCUT2D eigenvalue weighted by atomic mass is 16.1. The Kier molecular flexibility index (Phi) is 23.9. The van der Waals surface area contributed by atoms with Gasteiger partial charge in [0.2, 0.25) is 12.2 Å². The van der Waals surface area contributed by atoms with Crippen LogP contribution in [-0.2, 0) is 9.59 Å². The third-order valence-corrected chi connectivity index (χ3v) is 1.56. The van der Waals surface area contributed by atoms with Crippen molar-refractivity contribution in [1.29, 1.82) is 10.8 Å². The van der Waals surface area contributed by atoms with E-state index in [0.717, 1.165) is 24.0 Å². The van der Waals surface area contributed by atoms with Crippen LogP contribution in [0, 0.1) is 22.7 Å². The van der Waals surface area contributed by atoms with Gasteiger partial charge in [0.25, 0.3) is 0 Å². The molecule has 0 heterocycles. The number of hydrogen-bond acceptors (Lipinski definition) is 4. The van der Waals surface area contributed by atoms with Gasteiger partial charge < -0.3 is 0 Å². The van der Waals surface area contributed by atoms with Crippen LogP contribution in [0.2, 0.25) is 0 Å². The van der Waals surface area contributed by atoms with Crippen molar-refractivity contribution in [3.63, 3.8) is 0 Å². The summed E-state index contributed by atoms with van der Waals surface area (Å²) < 4.78 is 0. The van der Waals surface area contributed by atoms with E-state index >= 15 is 0 Å². The number of hydrogen-bond donors (Lipinski definition) is 2. The van der Waals surface area contributed by atoms with Crippen LogP contribution in [0.1, 0.15) is 47.0 Å². The molecule has 0 amide bonds. The van der Waals surface area contributed by atoms with Crippen LogP contribution in [0.5, 0.6) is 0 Å². The zero-order chi connectivity index (χ0) is 12.7. The van der Waals surface area contributed by atoms with Crippen molar-refractivity contribution < 1.29 is 9.59 Å². The van der Waals surface area contributed by atoms with E-state index in [1.54, 1.807) is 0 Å². The second-order valence-corrected chi connectivity index (χ2v) is 3.92. The summed E-state index contributed by atoms with van der Waals surface area (Å²) in [5, 5.41) is 10.8. The average molecular weight is 214 g/mol. The van der Waals surface area contributed by atoms with Gasteiger partial charge in [-0.05, 0) is 11.8 Å². The molecule has 15 heavy (non-hydrogen) atoms. The molecule has 0 spiro atoms. The molecule has 0 rings (SSSR count). The molecular formula is C11H22N2O2. The molecule has 88 valence electrons. The molecule has 0 saturated carbocycles. The SMILES string of the molecule is CC(C)CCCC(C)C.N=C=O.N=C=O. The first kappa shape index (κ1) is 19.4. The van der Waals surface area contributed by atoms with Crippen molar-refractivity contribution in [2.75, 3.05) is 0 Å². The van der Waals surface area contributed by atoms with E-state index in [1.165, 1.54) is 19.3 Å². The molecule has 0 bridgehead atoms. The van der Waals surface area contributed by atoms with Gasteiger partial charge in [-0.1, -0.05) is 47.0 Å². The number of isocyanates is 2. The first-order valence-corrected chi connectivity index (χ1v) is 5.03. The Labute approximate surface area is 92.1 Å². The molecule has 0 aliphatic carbocycles. The van der Waals surface area contributed by atoms with Crippen LogP contribution in [0.15, 0.2) is 0 Å². The summed E-state index contributed by atoms with van der Waals surface area (Å²) >= 11 is 0. The second-order valence-electron chi connectivity index (χ2n) is 3.92. The van der Waals surface area contributed by atoms with Crippen LogP contribution in [0.25, 0.3) is 0 Å². The largest absolute Gasteiger partial charge is 0.231 e. The zero-order valence-corrected chi connectivity index (χ0v) is 10.1. The fraction of sp³-hybridized carbons (Fsp3) is 0.818. The molecule has 0 atom stereocenters. The van der Waals surface area contributed by atoms with Crippen LogP contribution >= 0.6 is 0 Å². The quantitative estimate of drug-likeness (QED) is 0.556. The molecule has 0 saturated heterocycles. The molecule has 0 aromatic carbocycles. The first-order chi connectivity index (χ1) is 6.95. The van der Waals surface area contributed by atoms with Gasteiger partial charge in [-0.25, -0.2) is 20.4 Å². The third kappa shape index (κ3) is 65.2. The van der Waals surface area contributed by atoms with Crippen molar-refractivity contribution in [3.05, 3.63) is 0 Å². The lowest BCUT2D eigenvalue weighted by Crippen LogP contribution is -1.90. The van der Waals surface area contributed by atoms with E-state index in [-0.39, 0.29) is 0 Å². The normalized spacial score (nSPS) is 7.87. The molecule has 2 N–H and O–H groups in total. The minimum atomic E-state index is 0.750. The molecule has 4 nitrogen and oxygen atoms in total. The maximum Gasteiger partial charge on any atom is 0.231 e. The first-order valence-electron chi connectivity index (χ1n) is 5.03. The van der Waals surface area contributed by atoms with Crippen LogP contribution in [-0.4, -0.2) is 12.2 Å². The van der Waals surface area contributed by atoms with E-state index < -0.39 is 0 Å². The molecular weight excluding hydrogens is 192 g/mol. The Bertz CT molecular complexity index is 157. The topological polar surface area (TPSA) is 81.8 Å². The van der Waals surface area contributed by atoms with Crippen molar-refractivity contribution >= 4 is 12.2 Å². The molecule has 0 unspecified atom stereocenters. The van der Waals surface area contributed by atoms with E-state index in [2.05, 4.69) is 27.7 Å². The number of rotatable bonds is 4. The summed E-state index contributed by atoms with van der Waals surface area (Å²) in [6, 6.07) is 0. The van der Waals surface area contributed by atoms with Gasteiger partial charge in [0.05, 0.1) is 0 Å². The van der Waals surface area contributed by atoms with E-state index in [9.17, 15) is 0 Å². The molecule has 0 radical (unpaired) electrons. The van der Waals surface area contributed by atoms with Crippen molar-refractivity contribution in [3.8, 4) is 0 Å². The van der Waals surface area contributed by atoms with Gasteiger partial charge in [-0.3, -0.25) is 0 Å². The fourth-order valence-corrected chi connectivity index (χ4v) is 0.934. The maximum atomic E-state index is 8.35. The molecule has 0 aliphatic rings. The predicted molar refractivity (Wildman–Crippen MR) is 60.4 cm³/mol. The maximum absolute atomic E-state index is 8.35. The van der Waals surface area contributed by atoms with E-state index in [4.69, 9.17) is 20.4 Å². The Morgan fingerprint density at radius 2 is 1.07 bits per heavy atom. The minimum Gasteiger partial charge on any atom is -0.222 e. The van der Waals surface area contributed by atoms with Gasteiger partial charge in [-0.2, -0.15) is 0 Å². The lowest BCUT2D eigenvalue weighted by Gasteiger charge is -2.05. The Hall–Kier alpha value is -1.24. The summed E-state index contributed by atoms with van der Waals surface area (Å²) in [5.74, 6) is 1.78. The van der Waals surface area contributed by atoms with Gasteiger partial charge >= 0.3 is 0 Å². The molecule has 0 aromatic rings. The predicted octanol–water partition coefficient (Wildman–Crippen LogP) is 3.27. The smallest absolute Gasteiger partial charge is 0.222 e. The molecule has 0 aromatic heterocycles. The standard InChI is InChI=1S/C9H20.2CHNO/c1-8(2)6-5-7-9(3)4;2*2-1-3/h8-9H,5-7H2,1-4H3;2*2H. The second kappa shape index (κ2) is 18.5. The van der Waals surface area contributed by atoms with Crippen molar-refractivity contribution in [2.24, 2.45) is 11.8 Å². The highest BCUT2D eigenvalue weighted by molar-refractivity contribution is 5.26.